The first-order valence-corrected chi connectivity index (χ1v) is 8.78. The van der Waals surface area contributed by atoms with Crippen LogP contribution in [-0.2, 0) is 4.74 Å². The van der Waals surface area contributed by atoms with Crippen molar-refractivity contribution >= 4 is 17.8 Å². The van der Waals surface area contributed by atoms with Crippen molar-refractivity contribution in [2.45, 2.75) is 6.42 Å². The molecule has 1 fully saturated rings. The van der Waals surface area contributed by atoms with Crippen molar-refractivity contribution in [2.75, 3.05) is 43.1 Å². The van der Waals surface area contributed by atoms with Crippen LogP contribution in [0.5, 0.6) is 0 Å². The third-order valence-electron chi connectivity index (χ3n) is 4.13. The van der Waals surface area contributed by atoms with E-state index < -0.39 is 0 Å². The molecule has 4 heterocycles. The van der Waals surface area contributed by atoms with Gasteiger partial charge in [-0.1, -0.05) is 0 Å². The van der Waals surface area contributed by atoms with Crippen molar-refractivity contribution in [1.29, 1.82) is 0 Å². The predicted molar refractivity (Wildman–Crippen MR) is 98.1 cm³/mol. The standard InChI is InChI=1S/C17H20N8O2/c26-14(23-7-1-2-8-23)4-6-18-15-20-16(24-10-12-27-13-11-24)22-17(21-15)25-9-3-5-19-25/h1-3,5,7-9H,4,6,10-13H2,(H,18,20,21,22). The Labute approximate surface area is 155 Å². The molecule has 140 valence electrons. The van der Waals surface area contributed by atoms with Crippen LogP contribution >= 0.6 is 0 Å². The number of ether oxygens (including phenoxy) is 1. The lowest BCUT2D eigenvalue weighted by molar-refractivity contribution is 0.0907. The van der Waals surface area contributed by atoms with Gasteiger partial charge in [0.15, 0.2) is 0 Å². The van der Waals surface area contributed by atoms with E-state index in [4.69, 9.17) is 4.74 Å². The molecule has 3 aromatic rings. The van der Waals surface area contributed by atoms with E-state index in [2.05, 4.69) is 25.4 Å². The number of rotatable bonds is 6. The van der Waals surface area contributed by atoms with Gasteiger partial charge in [-0.3, -0.25) is 9.36 Å². The van der Waals surface area contributed by atoms with Crippen LogP contribution in [0.15, 0.2) is 43.0 Å². The Morgan fingerprint density at radius 2 is 1.81 bits per heavy atom. The van der Waals surface area contributed by atoms with Crippen molar-refractivity contribution in [3.05, 3.63) is 43.0 Å². The molecule has 0 atom stereocenters. The maximum absolute atomic E-state index is 12.1. The van der Waals surface area contributed by atoms with Gasteiger partial charge in [-0.2, -0.15) is 20.1 Å². The molecular formula is C17H20N8O2. The second kappa shape index (κ2) is 7.96. The van der Waals surface area contributed by atoms with Crippen LogP contribution < -0.4 is 10.2 Å². The summed E-state index contributed by atoms with van der Waals surface area (Å²) >= 11 is 0. The van der Waals surface area contributed by atoms with Crippen molar-refractivity contribution in [2.24, 2.45) is 0 Å². The largest absolute Gasteiger partial charge is 0.378 e. The van der Waals surface area contributed by atoms with E-state index in [-0.39, 0.29) is 5.91 Å². The van der Waals surface area contributed by atoms with Gasteiger partial charge in [-0.25, -0.2) is 4.68 Å². The zero-order valence-corrected chi connectivity index (χ0v) is 14.7. The maximum atomic E-state index is 12.1. The van der Waals surface area contributed by atoms with Crippen LogP contribution in [0.3, 0.4) is 0 Å². The van der Waals surface area contributed by atoms with E-state index in [9.17, 15) is 4.79 Å². The fraction of sp³-hybridized carbons (Fsp3) is 0.353. The Morgan fingerprint density at radius 3 is 2.56 bits per heavy atom. The van der Waals surface area contributed by atoms with E-state index in [1.807, 2.05) is 17.0 Å². The van der Waals surface area contributed by atoms with Crippen LogP contribution in [0, 0.1) is 0 Å². The first-order valence-electron chi connectivity index (χ1n) is 8.78. The summed E-state index contributed by atoms with van der Waals surface area (Å²) in [5.41, 5.74) is 0. The van der Waals surface area contributed by atoms with Gasteiger partial charge in [0.05, 0.1) is 13.2 Å². The Bertz CT molecular complexity index is 872. The van der Waals surface area contributed by atoms with Crippen LogP contribution in [0.4, 0.5) is 11.9 Å². The number of carbonyl (C=O) groups excluding carboxylic acids is 1. The molecule has 1 aliphatic heterocycles. The molecule has 27 heavy (non-hydrogen) atoms. The molecule has 1 aliphatic rings. The number of nitrogens with zero attached hydrogens (tertiary/aromatic N) is 7. The van der Waals surface area contributed by atoms with Gasteiger partial charge in [0, 0.05) is 50.8 Å². The average molecular weight is 368 g/mol. The Balaban J connectivity index is 1.50. The number of nitrogens with one attached hydrogen (secondary N) is 1. The summed E-state index contributed by atoms with van der Waals surface area (Å²) in [6, 6.07) is 5.45. The first-order chi connectivity index (χ1) is 13.3. The van der Waals surface area contributed by atoms with Crippen LogP contribution in [0.2, 0.25) is 0 Å². The van der Waals surface area contributed by atoms with Crippen LogP contribution in [0.25, 0.3) is 5.95 Å². The number of hydrogen-bond donors (Lipinski definition) is 1. The molecular weight excluding hydrogens is 348 g/mol. The summed E-state index contributed by atoms with van der Waals surface area (Å²) in [5.74, 6) is 1.41. The molecule has 1 N–H and O–H groups in total. The molecule has 10 heteroatoms. The molecule has 1 saturated heterocycles. The van der Waals surface area contributed by atoms with Gasteiger partial charge >= 0.3 is 0 Å². The molecule has 0 saturated carbocycles. The fourth-order valence-electron chi connectivity index (χ4n) is 2.74. The minimum Gasteiger partial charge on any atom is -0.378 e. The summed E-state index contributed by atoms with van der Waals surface area (Å²) in [7, 11) is 0. The molecule has 10 nitrogen and oxygen atoms in total. The molecule has 0 spiro atoms. The van der Waals surface area contributed by atoms with E-state index in [1.165, 1.54) is 0 Å². The quantitative estimate of drug-likeness (QED) is 0.683. The van der Waals surface area contributed by atoms with Gasteiger partial charge in [-0.15, -0.1) is 0 Å². The lowest BCUT2D eigenvalue weighted by atomic mass is 10.4. The van der Waals surface area contributed by atoms with E-state index in [1.54, 1.807) is 40.1 Å². The molecule has 0 aromatic carbocycles. The minimum atomic E-state index is 0.00209. The van der Waals surface area contributed by atoms with Gasteiger partial charge in [0.1, 0.15) is 0 Å². The molecule has 3 aromatic heterocycles. The monoisotopic (exact) mass is 368 g/mol. The SMILES string of the molecule is O=C(CCNc1nc(N2CCOCC2)nc(-n2cccn2)n1)n1cccc1. The van der Waals surface area contributed by atoms with Crippen molar-refractivity contribution in [3.63, 3.8) is 0 Å². The van der Waals surface area contributed by atoms with Gasteiger partial charge in [0.2, 0.25) is 17.8 Å². The Morgan fingerprint density at radius 1 is 1.04 bits per heavy atom. The smallest absolute Gasteiger partial charge is 0.257 e. The fourth-order valence-corrected chi connectivity index (χ4v) is 2.74. The number of anilines is 2. The molecule has 0 bridgehead atoms. The van der Waals surface area contributed by atoms with Crippen LogP contribution in [0.1, 0.15) is 11.2 Å². The Kier molecular flexibility index (Phi) is 5.06. The van der Waals surface area contributed by atoms with Crippen molar-refractivity contribution < 1.29 is 9.53 Å². The summed E-state index contributed by atoms with van der Waals surface area (Å²) in [5, 5.41) is 7.32. The van der Waals surface area contributed by atoms with E-state index in [0.717, 1.165) is 0 Å². The van der Waals surface area contributed by atoms with Gasteiger partial charge in [0.25, 0.3) is 5.95 Å². The van der Waals surface area contributed by atoms with Crippen molar-refractivity contribution in [1.82, 2.24) is 29.3 Å². The maximum Gasteiger partial charge on any atom is 0.257 e. The number of morpholine rings is 1. The predicted octanol–water partition coefficient (Wildman–Crippen LogP) is 0.838. The third kappa shape index (κ3) is 4.11. The first kappa shape index (κ1) is 17.2. The summed E-state index contributed by atoms with van der Waals surface area (Å²) in [6.07, 6.45) is 7.23. The second-order valence-corrected chi connectivity index (χ2v) is 5.97. The third-order valence-corrected chi connectivity index (χ3v) is 4.13. The van der Waals surface area contributed by atoms with E-state index >= 15 is 0 Å². The highest BCUT2D eigenvalue weighted by molar-refractivity contribution is 5.79. The second-order valence-electron chi connectivity index (χ2n) is 5.97. The molecule has 0 amide bonds. The van der Waals surface area contributed by atoms with E-state index in [0.29, 0.717) is 57.1 Å². The zero-order valence-electron chi connectivity index (χ0n) is 14.7. The average Bonchev–Trinajstić information content (AvgIpc) is 3.42. The Hall–Kier alpha value is -3.27. The molecule has 0 unspecified atom stereocenters. The number of carbonyl (C=O) groups is 1. The number of hydrogen-bond acceptors (Lipinski definition) is 8. The molecule has 0 radical (unpaired) electrons. The highest BCUT2D eigenvalue weighted by Gasteiger charge is 2.17. The van der Waals surface area contributed by atoms with Crippen LogP contribution in [-0.4, -0.2) is 68.1 Å². The lowest BCUT2D eigenvalue weighted by Gasteiger charge is -2.27. The van der Waals surface area contributed by atoms with Gasteiger partial charge in [-0.05, 0) is 18.2 Å². The minimum absolute atomic E-state index is 0.00209. The highest BCUT2D eigenvalue weighted by Crippen LogP contribution is 2.14. The molecule has 4 rings (SSSR count). The topological polar surface area (TPSA) is 103 Å². The summed E-state index contributed by atoms with van der Waals surface area (Å²) in [6.45, 7) is 3.12. The molecule has 0 aliphatic carbocycles. The van der Waals surface area contributed by atoms with Gasteiger partial charge < -0.3 is 15.0 Å². The lowest BCUT2D eigenvalue weighted by Crippen LogP contribution is -2.37. The van der Waals surface area contributed by atoms with Crippen molar-refractivity contribution in [3.8, 4) is 5.95 Å². The normalized spacial score (nSPS) is 14.3. The zero-order chi connectivity index (χ0) is 18.5. The summed E-state index contributed by atoms with van der Waals surface area (Å²) in [4.78, 5) is 27.6. The summed E-state index contributed by atoms with van der Waals surface area (Å²) < 4.78 is 8.54. The highest BCUT2D eigenvalue weighted by atomic mass is 16.5. The number of aromatic nitrogens is 6.